The van der Waals surface area contributed by atoms with Gasteiger partial charge in [-0.15, -0.1) is 0 Å². The number of ketones is 4. The molecule has 0 amide bonds. The summed E-state index contributed by atoms with van der Waals surface area (Å²) in [5.41, 5.74) is 1.64. The molecule has 0 aromatic heterocycles. The minimum atomic E-state index is -0.145. The van der Waals surface area contributed by atoms with Crippen LogP contribution in [-0.4, -0.2) is 23.1 Å². The Morgan fingerprint density at radius 1 is 0.750 bits per heavy atom. The molecule has 0 saturated carbocycles. The summed E-state index contributed by atoms with van der Waals surface area (Å²) in [4.78, 5) is 48.5. The van der Waals surface area contributed by atoms with E-state index in [-0.39, 0.29) is 57.8 Å². The van der Waals surface area contributed by atoms with Crippen LogP contribution in [0.2, 0.25) is 0 Å². The van der Waals surface area contributed by atoms with Gasteiger partial charge in [0.1, 0.15) is 5.78 Å². The third kappa shape index (κ3) is 11.5. The Morgan fingerprint density at radius 2 is 1.21 bits per heavy atom. The lowest BCUT2D eigenvalue weighted by atomic mass is 9.64. The van der Waals surface area contributed by atoms with Crippen molar-refractivity contribution in [1.82, 2.24) is 0 Å². The largest absolute Gasteiger partial charge is 0.299 e. The minimum absolute atomic E-state index is 0.00233. The first-order chi connectivity index (χ1) is 22.6. The summed E-state index contributed by atoms with van der Waals surface area (Å²) in [5, 5.41) is 0. The monoisotopic (exact) mass is 652 g/mol. The summed E-state index contributed by atoms with van der Waals surface area (Å²) in [6.45, 7) is 20.7. The molecule has 6 unspecified atom stereocenters. The summed E-state index contributed by atoms with van der Waals surface area (Å²) < 4.78 is 0. The van der Waals surface area contributed by atoms with Gasteiger partial charge in [-0.3, -0.25) is 19.2 Å². The fraction of sp³-hybridized carbons (Fsp3) is 0.500. The van der Waals surface area contributed by atoms with Gasteiger partial charge in [-0.05, 0) is 54.4 Å². The summed E-state index contributed by atoms with van der Waals surface area (Å²) in [6, 6.07) is 18.7. The van der Waals surface area contributed by atoms with Crippen LogP contribution in [0.1, 0.15) is 116 Å². The second-order valence-electron chi connectivity index (χ2n) is 15.1. The van der Waals surface area contributed by atoms with Crippen LogP contribution >= 0.6 is 0 Å². The second-order valence-corrected chi connectivity index (χ2v) is 15.1. The van der Waals surface area contributed by atoms with E-state index in [0.717, 1.165) is 24.0 Å². The van der Waals surface area contributed by atoms with Crippen molar-refractivity contribution in [3.05, 3.63) is 108 Å². The molecule has 0 spiro atoms. The Hall–Kier alpha value is -3.66. The van der Waals surface area contributed by atoms with Crippen molar-refractivity contribution in [1.29, 1.82) is 0 Å². The van der Waals surface area contributed by atoms with Crippen LogP contribution in [0.15, 0.2) is 97.1 Å². The molecule has 48 heavy (non-hydrogen) atoms. The van der Waals surface area contributed by atoms with E-state index in [0.29, 0.717) is 24.5 Å². The Balaban J connectivity index is 0.000000280. The Morgan fingerprint density at radius 3 is 1.65 bits per heavy atom. The molecule has 0 saturated heterocycles. The normalized spacial score (nSPS) is 23.5. The van der Waals surface area contributed by atoms with Gasteiger partial charge >= 0.3 is 0 Å². The van der Waals surface area contributed by atoms with Crippen LogP contribution in [0.4, 0.5) is 0 Å². The van der Waals surface area contributed by atoms with Crippen LogP contribution in [0, 0.1) is 46.3 Å². The van der Waals surface area contributed by atoms with Crippen LogP contribution in [0.5, 0.6) is 0 Å². The van der Waals surface area contributed by atoms with Crippen molar-refractivity contribution >= 4 is 23.1 Å². The fourth-order valence-electron chi connectivity index (χ4n) is 7.29. The van der Waals surface area contributed by atoms with Crippen molar-refractivity contribution in [3.8, 4) is 0 Å². The number of hydrogen-bond donors (Lipinski definition) is 0. The van der Waals surface area contributed by atoms with Gasteiger partial charge in [-0.1, -0.05) is 153 Å². The van der Waals surface area contributed by atoms with Gasteiger partial charge in [-0.25, -0.2) is 0 Å². The van der Waals surface area contributed by atoms with Gasteiger partial charge in [0, 0.05) is 41.7 Å². The fourth-order valence-corrected chi connectivity index (χ4v) is 7.29. The van der Waals surface area contributed by atoms with E-state index in [1.54, 1.807) is 6.08 Å². The molecule has 2 aromatic carbocycles. The van der Waals surface area contributed by atoms with E-state index in [4.69, 9.17) is 0 Å². The zero-order chi connectivity index (χ0) is 36.1. The molecule has 2 aliphatic rings. The first kappa shape index (κ1) is 40.5. The maximum Gasteiger partial charge on any atom is 0.165 e. The number of carbonyl (C=O) groups excluding carboxylic acids is 4. The topological polar surface area (TPSA) is 68.3 Å². The number of allylic oxidation sites excluding steroid dienone is 6. The Bertz CT molecular complexity index is 1430. The summed E-state index contributed by atoms with van der Waals surface area (Å²) >= 11 is 0. The quantitative estimate of drug-likeness (QED) is 0.145. The van der Waals surface area contributed by atoms with E-state index >= 15 is 0 Å². The highest BCUT2D eigenvalue weighted by Gasteiger charge is 2.40. The molecule has 0 fully saturated rings. The SMILES string of the molecule is C/C=C/C(=O)C1C(C)C=CCC1(C)C.CC1C=CCC(C)(C)C1C(=O)CC(C)C(C)C(=O)c1ccccc1.CCC(=O)c1ccccc1. The third-order valence-corrected chi connectivity index (χ3v) is 10.2. The molecule has 0 bridgehead atoms. The smallest absolute Gasteiger partial charge is 0.165 e. The average Bonchev–Trinajstić information content (AvgIpc) is 3.04. The predicted molar refractivity (Wildman–Crippen MR) is 200 cm³/mol. The van der Waals surface area contributed by atoms with Crippen molar-refractivity contribution in [2.75, 3.05) is 0 Å². The Labute approximate surface area is 291 Å². The second kappa shape index (κ2) is 18.8. The van der Waals surface area contributed by atoms with Gasteiger partial charge < -0.3 is 0 Å². The van der Waals surface area contributed by atoms with Crippen molar-refractivity contribution < 1.29 is 19.2 Å². The maximum absolute atomic E-state index is 13.0. The first-order valence-electron chi connectivity index (χ1n) is 17.8. The van der Waals surface area contributed by atoms with E-state index in [2.05, 4.69) is 65.8 Å². The highest BCUT2D eigenvalue weighted by Crippen LogP contribution is 2.43. The van der Waals surface area contributed by atoms with Crippen molar-refractivity contribution in [2.24, 2.45) is 46.3 Å². The predicted octanol–water partition coefficient (Wildman–Crippen LogP) is 11.0. The maximum atomic E-state index is 13.0. The standard InChI is InChI=1S/C22H30O2.C13H20O.C9H10O/c1-15-10-9-13-22(4,5)20(15)19(23)14-16(2)17(3)21(24)18-11-7-6-8-12-18;1-5-7-11(14)12-10(2)8-6-9-13(12,3)4;1-2-9(10)8-6-4-3-5-7-8/h6-12,15-17,20H,13-14H2,1-5H3;5-8,10,12H,9H2,1-4H3;3-7H,2H2,1H3/b;7-5+;. The molecule has 0 aliphatic heterocycles. The molecule has 2 aromatic rings. The molecule has 0 N–H and O–H groups in total. The summed E-state index contributed by atoms with van der Waals surface area (Å²) in [7, 11) is 0. The molecule has 6 atom stereocenters. The molecule has 4 rings (SSSR count). The van der Waals surface area contributed by atoms with Crippen LogP contribution in [0.3, 0.4) is 0 Å². The van der Waals surface area contributed by atoms with Crippen LogP contribution in [-0.2, 0) is 9.59 Å². The molecule has 4 heteroatoms. The molecule has 0 radical (unpaired) electrons. The highest BCUT2D eigenvalue weighted by atomic mass is 16.1. The molecular weight excluding hydrogens is 592 g/mol. The molecular formula is C44H60O4. The van der Waals surface area contributed by atoms with Gasteiger partial charge in [0.15, 0.2) is 17.3 Å². The molecule has 2 aliphatic carbocycles. The minimum Gasteiger partial charge on any atom is -0.299 e. The summed E-state index contributed by atoms with van der Waals surface area (Å²) in [6.07, 6.45) is 15.3. The van der Waals surface area contributed by atoms with Crippen molar-refractivity contribution in [2.45, 2.75) is 94.9 Å². The first-order valence-corrected chi connectivity index (χ1v) is 17.8. The van der Waals surface area contributed by atoms with Crippen LogP contribution in [0.25, 0.3) is 0 Å². The lowest BCUT2D eigenvalue weighted by Gasteiger charge is -2.39. The number of rotatable bonds is 10. The molecule has 0 heterocycles. The van der Waals surface area contributed by atoms with Crippen molar-refractivity contribution in [3.63, 3.8) is 0 Å². The molecule has 260 valence electrons. The lowest BCUT2D eigenvalue weighted by molar-refractivity contribution is -0.129. The number of carbonyl (C=O) groups is 4. The number of hydrogen-bond acceptors (Lipinski definition) is 4. The van der Waals surface area contributed by atoms with Gasteiger partial charge in [-0.2, -0.15) is 0 Å². The lowest BCUT2D eigenvalue weighted by Crippen LogP contribution is -2.38. The zero-order valence-electron chi connectivity index (χ0n) is 31.2. The van der Waals surface area contributed by atoms with Crippen LogP contribution < -0.4 is 0 Å². The highest BCUT2D eigenvalue weighted by molar-refractivity contribution is 5.98. The Kier molecular flexibility index (Phi) is 15.8. The van der Waals surface area contributed by atoms with E-state index < -0.39 is 0 Å². The van der Waals surface area contributed by atoms with E-state index in [1.807, 2.05) is 94.4 Å². The summed E-state index contributed by atoms with van der Waals surface area (Å²) in [5.74, 6) is 1.65. The number of Topliss-reactive ketones (excluding diaryl/α,β-unsaturated/α-hetero) is 3. The van der Waals surface area contributed by atoms with Gasteiger partial charge in [0.2, 0.25) is 0 Å². The van der Waals surface area contributed by atoms with E-state index in [9.17, 15) is 19.2 Å². The average molecular weight is 653 g/mol. The zero-order valence-corrected chi connectivity index (χ0v) is 31.2. The van der Waals surface area contributed by atoms with Gasteiger partial charge in [0.05, 0.1) is 0 Å². The van der Waals surface area contributed by atoms with Gasteiger partial charge in [0.25, 0.3) is 0 Å². The molecule has 4 nitrogen and oxygen atoms in total. The number of benzene rings is 2. The third-order valence-electron chi connectivity index (χ3n) is 10.2. The van der Waals surface area contributed by atoms with E-state index in [1.165, 1.54) is 0 Å².